The van der Waals surface area contributed by atoms with E-state index in [0.29, 0.717) is 0 Å². The van der Waals surface area contributed by atoms with Gasteiger partial charge in [0.05, 0.1) is 13.2 Å². The molecule has 0 bridgehead atoms. The first-order chi connectivity index (χ1) is 9.45. The highest BCUT2D eigenvalue weighted by molar-refractivity contribution is 5.48. The number of morpholine rings is 1. The maximum Gasteiger partial charge on any atom is 0.0594 e. The number of halogens is 2. The molecule has 3 nitrogen and oxygen atoms in total. The van der Waals surface area contributed by atoms with Crippen molar-refractivity contribution in [3.05, 3.63) is 42.0 Å². The number of nitrogens with one attached hydrogen (secondary N) is 1. The molecule has 0 radical (unpaired) electrons. The fourth-order valence-corrected chi connectivity index (χ4v) is 2.20. The van der Waals surface area contributed by atoms with Crippen molar-refractivity contribution in [2.24, 2.45) is 0 Å². The third-order valence-electron chi connectivity index (χ3n) is 3.30. The molecule has 0 aromatic heterocycles. The fourth-order valence-electron chi connectivity index (χ4n) is 2.20. The molecule has 0 unspecified atom stereocenters. The van der Waals surface area contributed by atoms with Crippen molar-refractivity contribution in [1.82, 2.24) is 10.2 Å². The predicted molar refractivity (Wildman–Crippen MR) is 80.2 cm³/mol. The normalized spacial score (nSPS) is 15.4. The zero-order chi connectivity index (χ0) is 13.2. The molecule has 0 aliphatic carbocycles. The van der Waals surface area contributed by atoms with Crippen molar-refractivity contribution in [1.29, 1.82) is 0 Å². The van der Waals surface area contributed by atoms with Gasteiger partial charge in [-0.3, -0.25) is 4.90 Å². The first kappa shape index (κ1) is 20.4. The quantitative estimate of drug-likeness (QED) is 0.516. The Kier molecular flexibility index (Phi) is 12.7. The Balaban J connectivity index is 0.00000200. The molecular formula is C16H24Cl2N2O-2. The summed E-state index contributed by atoms with van der Waals surface area (Å²) in [5, 5.41) is 3.45. The van der Waals surface area contributed by atoms with Crippen molar-refractivity contribution in [3.63, 3.8) is 0 Å². The molecule has 1 aliphatic heterocycles. The van der Waals surface area contributed by atoms with Gasteiger partial charge in [-0.15, -0.1) is 0 Å². The maximum absolute atomic E-state index is 5.33. The van der Waals surface area contributed by atoms with Crippen LogP contribution in [0.2, 0.25) is 0 Å². The van der Waals surface area contributed by atoms with Crippen LogP contribution in [0, 0.1) is 0 Å². The monoisotopic (exact) mass is 330 g/mol. The lowest BCUT2D eigenvalue weighted by atomic mass is 10.2. The van der Waals surface area contributed by atoms with Crippen molar-refractivity contribution in [2.45, 2.75) is 6.42 Å². The third-order valence-corrected chi connectivity index (χ3v) is 3.30. The molecule has 1 N–H and O–H groups in total. The molecule has 1 heterocycles. The molecule has 1 aromatic carbocycles. The minimum absolute atomic E-state index is 0. The van der Waals surface area contributed by atoms with Gasteiger partial charge in [-0.2, -0.15) is 0 Å². The van der Waals surface area contributed by atoms with Gasteiger partial charge in [0, 0.05) is 19.6 Å². The smallest absolute Gasteiger partial charge is 0.0594 e. The van der Waals surface area contributed by atoms with E-state index >= 15 is 0 Å². The highest BCUT2D eigenvalue weighted by Crippen LogP contribution is 2.00. The van der Waals surface area contributed by atoms with Crippen molar-refractivity contribution >= 4 is 6.08 Å². The SMILES string of the molecule is C(=C\c1ccccc1)/CNCCCN1CCOCC1.[Cl-].[Cl-]. The first-order valence-electron chi connectivity index (χ1n) is 7.17. The summed E-state index contributed by atoms with van der Waals surface area (Å²) in [6.07, 6.45) is 5.55. The van der Waals surface area contributed by atoms with E-state index in [1.165, 1.54) is 18.5 Å². The van der Waals surface area contributed by atoms with E-state index in [1.807, 2.05) is 6.07 Å². The van der Waals surface area contributed by atoms with E-state index in [1.54, 1.807) is 0 Å². The van der Waals surface area contributed by atoms with Crippen LogP contribution in [0.5, 0.6) is 0 Å². The van der Waals surface area contributed by atoms with Gasteiger partial charge >= 0.3 is 0 Å². The Labute approximate surface area is 140 Å². The maximum atomic E-state index is 5.33. The largest absolute Gasteiger partial charge is 1.00 e. The third kappa shape index (κ3) is 9.12. The number of nitrogens with zero attached hydrogens (tertiary/aromatic N) is 1. The van der Waals surface area contributed by atoms with Crippen LogP contribution in [0.25, 0.3) is 6.08 Å². The predicted octanol–water partition coefficient (Wildman–Crippen LogP) is -3.98. The summed E-state index contributed by atoms with van der Waals surface area (Å²) in [5.74, 6) is 0. The van der Waals surface area contributed by atoms with Crippen LogP contribution in [-0.4, -0.2) is 50.8 Å². The fraction of sp³-hybridized carbons (Fsp3) is 0.500. The zero-order valence-electron chi connectivity index (χ0n) is 12.3. The van der Waals surface area contributed by atoms with Gasteiger partial charge in [0.1, 0.15) is 0 Å². The highest BCUT2D eigenvalue weighted by atomic mass is 35.5. The van der Waals surface area contributed by atoms with Gasteiger partial charge in [0.15, 0.2) is 0 Å². The Hall–Kier alpha value is -0.580. The van der Waals surface area contributed by atoms with E-state index in [0.717, 1.165) is 39.4 Å². The molecule has 21 heavy (non-hydrogen) atoms. The van der Waals surface area contributed by atoms with Gasteiger partial charge < -0.3 is 34.9 Å². The number of benzene rings is 1. The summed E-state index contributed by atoms with van der Waals surface area (Å²) in [5.41, 5.74) is 1.26. The average Bonchev–Trinajstić information content (AvgIpc) is 2.48. The number of rotatable bonds is 7. The second-order valence-electron chi connectivity index (χ2n) is 4.82. The summed E-state index contributed by atoms with van der Waals surface area (Å²) in [7, 11) is 0. The number of hydrogen-bond donors (Lipinski definition) is 1. The minimum Gasteiger partial charge on any atom is -1.00 e. The lowest BCUT2D eigenvalue weighted by Crippen LogP contribution is -3.00. The average molecular weight is 331 g/mol. The molecule has 0 saturated carbocycles. The van der Waals surface area contributed by atoms with E-state index in [2.05, 4.69) is 46.6 Å². The highest BCUT2D eigenvalue weighted by Gasteiger charge is 2.08. The number of hydrogen-bond acceptors (Lipinski definition) is 3. The van der Waals surface area contributed by atoms with Crippen LogP contribution in [0.1, 0.15) is 12.0 Å². The molecular weight excluding hydrogens is 307 g/mol. The van der Waals surface area contributed by atoms with Gasteiger partial charge in [-0.25, -0.2) is 0 Å². The Morgan fingerprint density at radius 1 is 1.10 bits per heavy atom. The van der Waals surface area contributed by atoms with E-state index < -0.39 is 0 Å². The van der Waals surface area contributed by atoms with Crippen LogP contribution in [0.4, 0.5) is 0 Å². The van der Waals surface area contributed by atoms with E-state index in [4.69, 9.17) is 4.74 Å². The lowest BCUT2D eigenvalue weighted by molar-refractivity contribution is -0.00100. The van der Waals surface area contributed by atoms with Crippen molar-refractivity contribution in [2.75, 3.05) is 45.9 Å². The standard InChI is InChI=1S/C16H24N2O.2ClH/c1-2-6-16(7-3-1)8-4-9-17-10-5-11-18-12-14-19-15-13-18;;/h1-4,6-8,17H,5,9-15H2;2*1H/p-2/b8-4+;;. The van der Waals surface area contributed by atoms with E-state index in [9.17, 15) is 0 Å². The van der Waals surface area contributed by atoms with Crippen LogP contribution in [0.15, 0.2) is 36.4 Å². The van der Waals surface area contributed by atoms with E-state index in [-0.39, 0.29) is 24.8 Å². The zero-order valence-corrected chi connectivity index (χ0v) is 13.8. The summed E-state index contributed by atoms with van der Waals surface area (Å²) >= 11 is 0. The van der Waals surface area contributed by atoms with Crippen LogP contribution in [0.3, 0.4) is 0 Å². The van der Waals surface area contributed by atoms with Crippen LogP contribution in [-0.2, 0) is 4.74 Å². The minimum atomic E-state index is 0. The van der Waals surface area contributed by atoms with Gasteiger partial charge in [-0.05, 0) is 25.1 Å². The summed E-state index contributed by atoms with van der Waals surface area (Å²) in [6.45, 7) is 7.18. The molecule has 5 heteroatoms. The Morgan fingerprint density at radius 3 is 2.52 bits per heavy atom. The number of ether oxygens (including phenoxy) is 1. The molecule has 0 atom stereocenters. The summed E-state index contributed by atoms with van der Waals surface area (Å²) in [6, 6.07) is 10.4. The lowest BCUT2D eigenvalue weighted by Gasteiger charge is -2.26. The molecule has 0 spiro atoms. The van der Waals surface area contributed by atoms with Gasteiger partial charge in [0.2, 0.25) is 0 Å². The molecule has 1 fully saturated rings. The first-order valence-corrected chi connectivity index (χ1v) is 7.17. The van der Waals surface area contributed by atoms with Gasteiger partial charge in [0.25, 0.3) is 0 Å². The van der Waals surface area contributed by atoms with Crippen LogP contribution < -0.4 is 30.1 Å². The molecule has 1 aromatic rings. The summed E-state index contributed by atoms with van der Waals surface area (Å²) < 4.78 is 5.33. The topological polar surface area (TPSA) is 24.5 Å². The molecule has 0 amide bonds. The Bertz CT molecular complexity index is 368. The molecule has 1 aliphatic rings. The molecule has 1 saturated heterocycles. The van der Waals surface area contributed by atoms with Gasteiger partial charge in [-0.1, -0.05) is 42.5 Å². The Morgan fingerprint density at radius 2 is 1.81 bits per heavy atom. The van der Waals surface area contributed by atoms with Crippen LogP contribution >= 0.6 is 0 Å². The second-order valence-corrected chi connectivity index (χ2v) is 4.82. The second kappa shape index (κ2) is 13.1. The summed E-state index contributed by atoms with van der Waals surface area (Å²) in [4.78, 5) is 2.48. The van der Waals surface area contributed by atoms with Crippen molar-refractivity contribution in [3.8, 4) is 0 Å². The molecule has 2 rings (SSSR count). The van der Waals surface area contributed by atoms with Crippen molar-refractivity contribution < 1.29 is 29.6 Å². The molecule has 120 valence electrons.